The van der Waals surface area contributed by atoms with Crippen LogP contribution in [0.1, 0.15) is 12.6 Å². The molecule has 102 valence electrons. The van der Waals surface area contributed by atoms with Gasteiger partial charge < -0.3 is 20.7 Å². The van der Waals surface area contributed by atoms with Crippen molar-refractivity contribution in [1.29, 1.82) is 0 Å². The molecule has 0 unspecified atom stereocenters. The fraction of sp³-hybridized carbons (Fsp3) is 0.455. The number of nitrogens with two attached hydrogens (primary N) is 1. The molecule has 7 nitrogen and oxygen atoms in total. The van der Waals surface area contributed by atoms with Gasteiger partial charge in [0.05, 0.1) is 24.7 Å². The van der Waals surface area contributed by atoms with Crippen LogP contribution in [0.5, 0.6) is 0 Å². The minimum absolute atomic E-state index is 0.142. The fourth-order valence-corrected chi connectivity index (χ4v) is 2.48. The van der Waals surface area contributed by atoms with Crippen LogP contribution in [0.4, 0.5) is 5.69 Å². The van der Waals surface area contributed by atoms with Crippen molar-refractivity contribution in [1.82, 2.24) is 14.5 Å². The highest BCUT2D eigenvalue weighted by atomic mass is 35.5. The van der Waals surface area contributed by atoms with E-state index in [1.807, 2.05) is 0 Å². The summed E-state index contributed by atoms with van der Waals surface area (Å²) in [5.41, 5.74) is 7.19. The summed E-state index contributed by atoms with van der Waals surface area (Å²) < 4.78 is 7.14. The van der Waals surface area contributed by atoms with E-state index >= 15 is 0 Å². The van der Waals surface area contributed by atoms with E-state index < -0.39 is 18.4 Å². The molecule has 1 fully saturated rings. The van der Waals surface area contributed by atoms with Crippen LogP contribution in [0, 0.1) is 0 Å². The summed E-state index contributed by atoms with van der Waals surface area (Å²) in [4.78, 5) is 8.31. The van der Waals surface area contributed by atoms with Crippen molar-refractivity contribution in [2.24, 2.45) is 0 Å². The third kappa shape index (κ3) is 2.04. The van der Waals surface area contributed by atoms with Gasteiger partial charge in [-0.1, -0.05) is 11.6 Å². The van der Waals surface area contributed by atoms with Crippen molar-refractivity contribution in [3.05, 3.63) is 17.5 Å². The molecule has 0 spiro atoms. The average molecular weight is 285 g/mol. The number of hydrogen-bond acceptors (Lipinski definition) is 6. The minimum Gasteiger partial charge on any atom is -0.397 e. The summed E-state index contributed by atoms with van der Waals surface area (Å²) in [5, 5.41) is 19.3. The molecule has 0 amide bonds. The van der Waals surface area contributed by atoms with Crippen LogP contribution >= 0.6 is 11.6 Å². The molecule has 2 aromatic rings. The molecule has 19 heavy (non-hydrogen) atoms. The summed E-state index contributed by atoms with van der Waals surface area (Å²) in [6.07, 6.45) is 0.0765. The molecule has 3 rings (SSSR count). The van der Waals surface area contributed by atoms with Crippen molar-refractivity contribution >= 4 is 28.5 Å². The topological polar surface area (TPSA) is 106 Å². The number of nitrogen functional groups attached to an aromatic ring is 1. The number of imidazole rings is 1. The Labute approximate surface area is 113 Å². The second kappa shape index (κ2) is 4.61. The van der Waals surface area contributed by atoms with E-state index in [9.17, 15) is 5.11 Å². The molecule has 2 aromatic heterocycles. The van der Waals surface area contributed by atoms with Gasteiger partial charge in [0.15, 0.2) is 11.9 Å². The molecule has 0 aromatic carbocycles. The monoisotopic (exact) mass is 284 g/mol. The first kappa shape index (κ1) is 12.6. The van der Waals surface area contributed by atoms with Crippen molar-refractivity contribution in [2.45, 2.75) is 24.9 Å². The zero-order valence-electron chi connectivity index (χ0n) is 9.90. The van der Waals surface area contributed by atoms with Crippen LogP contribution in [-0.4, -0.2) is 43.6 Å². The third-order valence-electron chi connectivity index (χ3n) is 3.17. The van der Waals surface area contributed by atoms with Gasteiger partial charge in [0, 0.05) is 12.5 Å². The molecule has 3 heterocycles. The Morgan fingerprint density at radius 1 is 1.58 bits per heavy atom. The van der Waals surface area contributed by atoms with E-state index in [2.05, 4.69) is 9.97 Å². The summed E-state index contributed by atoms with van der Waals surface area (Å²) in [7, 11) is 0. The molecule has 1 aliphatic rings. The molecule has 0 saturated carbocycles. The van der Waals surface area contributed by atoms with E-state index in [1.165, 1.54) is 12.4 Å². The first-order valence-electron chi connectivity index (χ1n) is 5.83. The Morgan fingerprint density at radius 3 is 3.05 bits per heavy atom. The lowest BCUT2D eigenvalue weighted by Crippen LogP contribution is -2.19. The quantitative estimate of drug-likeness (QED) is 0.685. The van der Waals surface area contributed by atoms with Gasteiger partial charge in [-0.15, -0.1) is 0 Å². The van der Waals surface area contributed by atoms with E-state index in [-0.39, 0.29) is 11.8 Å². The molecule has 1 saturated heterocycles. The van der Waals surface area contributed by atoms with Gasteiger partial charge in [0.25, 0.3) is 0 Å². The number of nitrogens with zero attached hydrogens (tertiary/aromatic N) is 3. The summed E-state index contributed by atoms with van der Waals surface area (Å²) >= 11 is 5.88. The maximum Gasteiger partial charge on any atom is 0.165 e. The maximum absolute atomic E-state index is 9.98. The lowest BCUT2D eigenvalue weighted by Gasteiger charge is -2.16. The average Bonchev–Trinajstić information content (AvgIpc) is 2.92. The number of fused-ring (bicyclic) bond motifs is 1. The summed E-state index contributed by atoms with van der Waals surface area (Å²) in [6.45, 7) is -0.142. The molecule has 4 N–H and O–H groups in total. The van der Waals surface area contributed by atoms with Crippen LogP contribution < -0.4 is 5.73 Å². The number of pyridine rings is 1. The Balaban J connectivity index is 2.06. The van der Waals surface area contributed by atoms with E-state index in [0.717, 1.165) is 0 Å². The number of aromatic nitrogens is 3. The predicted octanol–water partition coefficient (Wildman–Crippen LogP) is 0.308. The normalized spacial score (nSPS) is 27.2. The molecule has 0 bridgehead atoms. The van der Waals surface area contributed by atoms with Gasteiger partial charge in [0.1, 0.15) is 16.8 Å². The maximum atomic E-state index is 9.98. The van der Waals surface area contributed by atoms with Crippen LogP contribution in [0.2, 0.25) is 5.15 Å². The molecule has 0 radical (unpaired) electrons. The number of aliphatic hydroxyl groups excluding tert-OH is 2. The van der Waals surface area contributed by atoms with Crippen LogP contribution in [0.3, 0.4) is 0 Å². The molecule has 8 heteroatoms. The zero-order valence-corrected chi connectivity index (χ0v) is 10.7. The zero-order chi connectivity index (χ0) is 13.6. The second-order valence-corrected chi connectivity index (χ2v) is 4.88. The van der Waals surface area contributed by atoms with E-state index in [1.54, 1.807) is 4.57 Å². The smallest absolute Gasteiger partial charge is 0.165 e. The Bertz CT molecular complexity index is 617. The SMILES string of the molecule is Nc1cc(Cl)nc2c1ncn2[C@H]1O[C@H](CO)C[C@H]1O. The van der Waals surface area contributed by atoms with E-state index in [0.29, 0.717) is 23.3 Å². The Kier molecular flexibility index (Phi) is 3.06. The van der Waals surface area contributed by atoms with Crippen LogP contribution in [-0.2, 0) is 4.74 Å². The molecule has 1 aliphatic heterocycles. The van der Waals surface area contributed by atoms with Crippen LogP contribution in [0.25, 0.3) is 11.2 Å². The first-order valence-corrected chi connectivity index (χ1v) is 6.21. The number of ether oxygens (including phenoxy) is 1. The Hall–Kier alpha value is -1.41. The lowest BCUT2D eigenvalue weighted by atomic mass is 10.2. The van der Waals surface area contributed by atoms with Gasteiger partial charge >= 0.3 is 0 Å². The highest BCUT2D eigenvalue weighted by Crippen LogP contribution is 2.32. The largest absolute Gasteiger partial charge is 0.397 e. The molecular weight excluding hydrogens is 272 g/mol. The van der Waals surface area contributed by atoms with Crippen molar-refractivity contribution < 1.29 is 14.9 Å². The van der Waals surface area contributed by atoms with E-state index in [4.69, 9.17) is 27.2 Å². The van der Waals surface area contributed by atoms with Gasteiger partial charge in [0.2, 0.25) is 0 Å². The summed E-state index contributed by atoms with van der Waals surface area (Å²) in [5.74, 6) is 0. The fourth-order valence-electron chi connectivity index (χ4n) is 2.28. The number of rotatable bonds is 2. The van der Waals surface area contributed by atoms with Gasteiger partial charge in [-0.05, 0) is 0 Å². The van der Waals surface area contributed by atoms with Crippen molar-refractivity contribution in [3.63, 3.8) is 0 Å². The highest BCUT2D eigenvalue weighted by molar-refractivity contribution is 6.30. The predicted molar refractivity (Wildman–Crippen MR) is 68.6 cm³/mol. The third-order valence-corrected chi connectivity index (χ3v) is 3.37. The first-order chi connectivity index (χ1) is 9.10. The number of hydrogen-bond donors (Lipinski definition) is 3. The number of anilines is 1. The van der Waals surface area contributed by atoms with Crippen molar-refractivity contribution in [3.8, 4) is 0 Å². The molecule has 0 aliphatic carbocycles. The molecular formula is C11H13ClN4O3. The van der Waals surface area contributed by atoms with Crippen LogP contribution in [0.15, 0.2) is 12.4 Å². The van der Waals surface area contributed by atoms with Gasteiger partial charge in [-0.3, -0.25) is 4.57 Å². The lowest BCUT2D eigenvalue weighted by molar-refractivity contribution is -0.0486. The van der Waals surface area contributed by atoms with Gasteiger partial charge in [-0.2, -0.15) is 0 Å². The Morgan fingerprint density at radius 2 is 2.37 bits per heavy atom. The highest BCUT2D eigenvalue weighted by Gasteiger charge is 2.35. The number of halogens is 1. The minimum atomic E-state index is -0.739. The second-order valence-electron chi connectivity index (χ2n) is 4.49. The van der Waals surface area contributed by atoms with Crippen molar-refractivity contribution in [2.75, 3.05) is 12.3 Å². The standard InChI is InChI=1S/C11H13ClN4O3/c12-8-2-6(13)9-10(15-8)16(4-14-9)11-7(18)1-5(3-17)19-11/h2,4-5,7,11,17-18H,1,3H2,(H2,13,15)/t5-,7+,11-/m0/s1. The number of aliphatic hydroxyl groups is 2. The van der Waals surface area contributed by atoms with Gasteiger partial charge in [-0.25, -0.2) is 9.97 Å². The molecule has 3 atom stereocenters. The summed E-state index contributed by atoms with van der Waals surface area (Å²) in [6, 6.07) is 1.52.